The zero-order valence-corrected chi connectivity index (χ0v) is 15.5. The third-order valence-electron chi connectivity index (χ3n) is 3.95. The van der Waals surface area contributed by atoms with Crippen LogP contribution >= 0.6 is 24.8 Å². The zero-order chi connectivity index (χ0) is 14.3. The van der Waals surface area contributed by atoms with Gasteiger partial charge in [0.25, 0.3) is 0 Å². The summed E-state index contributed by atoms with van der Waals surface area (Å²) in [7, 11) is 4.17. The lowest BCUT2D eigenvalue weighted by Gasteiger charge is -2.26. The summed E-state index contributed by atoms with van der Waals surface area (Å²) >= 11 is 0. The summed E-state index contributed by atoms with van der Waals surface area (Å²) in [5.41, 5.74) is 0. The van der Waals surface area contributed by atoms with Gasteiger partial charge in [-0.1, -0.05) is 13.8 Å². The van der Waals surface area contributed by atoms with Crippen molar-refractivity contribution in [3.63, 3.8) is 0 Å². The maximum absolute atomic E-state index is 11.9. The van der Waals surface area contributed by atoms with Gasteiger partial charge >= 0.3 is 0 Å². The molecule has 21 heavy (non-hydrogen) atoms. The van der Waals surface area contributed by atoms with Crippen molar-refractivity contribution in [2.24, 2.45) is 11.8 Å². The Balaban J connectivity index is 0. The van der Waals surface area contributed by atoms with Crippen molar-refractivity contribution < 1.29 is 4.79 Å². The second-order valence-corrected chi connectivity index (χ2v) is 6.45. The molecule has 0 aromatic rings. The van der Waals surface area contributed by atoms with E-state index >= 15 is 0 Å². The number of carbonyl (C=O) groups excluding carboxylic acids is 1. The molecule has 1 amide bonds. The van der Waals surface area contributed by atoms with Gasteiger partial charge in [-0.05, 0) is 58.3 Å². The number of hydrogen-bond acceptors (Lipinski definition) is 3. The Labute approximate surface area is 142 Å². The molecular weight excluding hydrogens is 309 g/mol. The van der Waals surface area contributed by atoms with Gasteiger partial charge in [-0.3, -0.25) is 4.79 Å². The Morgan fingerprint density at radius 3 is 2.48 bits per heavy atom. The molecule has 1 fully saturated rings. The number of nitrogens with zero attached hydrogens (tertiary/aromatic N) is 1. The minimum absolute atomic E-state index is 0. The van der Waals surface area contributed by atoms with Crippen molar-refractivity contribution >= 4 is 30.7 Å². The fourth-order valence-electron chi connectivity index (χ4n) is 2.64. The Kier molecular flexibility index (Phi) is 13.8. The van der Waals surface area contributed by atoms with Gasteiger partial charge in [-0.25, -0.2) is 0 Å². The molecule has 2 atom stereocenters. The van der Waals surface area contributed by atoms with E-state index in [0.717, 1.165) is 32.5 Å². The van der Waals surface area contributed by atoms with E-state index in [1.165, 1.54) is 6.42 Å². The molecule has 1 aliphatic rings. The number of hydrogen-bond donors (Lipinski definition) is 2. The molecular formula is C15H33Cl2N3O. The zero-order valence-electron chi connectivity index (χ0n) is 13.9. The average molecular weight is 342 g/mol. The first-order valence-corrected chi connectivity index (χ1v) is 7.63. The Bertz CT molecular complexity index is 270. The van der Waals surface area contributed by atoms with E-state index in [1.54, 1.807) is 0 Å². The summed E-state index contributed by atoms with van der Waals surface area (Å²) in [4.78, 5) is 14.1. The van der Waals surface area contributed by atoms with Crippen LogP contribution in [0.4, 0.5) is 0 Å². The maximum Gasteiger partial charge on any atom is 0.220 e. The van der Waals surface area contributed by atoms with Crippen LogP contribution in [0.15, 0.2) is 0 Å². The van der Waals surface area contributed by atoms with E-state index < -0.39 is 0 Å². The number of nitrogens with one attached hydrogen (secondary N) is 2. The van der Waals surface area contributed by atoms with Gasteiger partial charge in [0.05, 0.1) is 0 Å². The molecule has 0 bridgehead atoms. The van der Waals surface area contributed by atoms with Crippen molar-refractivity contribution in [3.8, 4) is 0 Å². The predicted molar refractivity (Wildman–Crippen MR) is 94.6 cm³/mol. The second kappa shape index (κ2) is 12.5. The van der Waals surface area contributed by atoms with E-state index in [2.05, 4.69) is 43.5 Å². The highest BCUT2D eigenvalue weighted by molar-refractivity contribution is 5.85. The van der Waals surface area contributed by atoms with Crippen LogP contribution in [0.2, 0.25) is 0 Å². The first-order valence-electron chi connectivity index (χ1n) is 7.63. The van der Waals surface area contributed by atoms with Crippen molar-refractivity contribution in [3.05, 3.63) is 0 Å². The maximum atomic E-state index is 11.9. The quantitative estimate of drug-likeness (QED) is 0.712. The monoisotopic (exact) mass is 341 g/mol. The van der Waals surface area contributed by atoms with Crippen molar-refractivity contribution in [1.29, 1.82) is 0 Å². The Morgan fingerprint density at radius 1 is 1.33 bits per heavy atom. The number of halogens is 2. The van der Waals surface area contributed by atoms with Gasteiger partial charge in [0.15, 0.2) is 0 Å². The molecule has 1 heterocycles. The van der Waals surface area contributed by atoms with E-state index in [0.29, 0.717) is 24.3 Å². The van der Waals surface area contributed by atoms with Gasteiger partial charge in [-0.15, -0.1) is 24.8 Å². The molecule has 0 radical (unpaired) electrons. The molecule has 1 rings (SSSR count). The van der Waals surface area contributed by atoms with Crippen LogP contribution in [-0.2, 0) is 4.79 Å². The predicted octanol–water partition coefficient (Wildman–Crippen LogP) is 2.31. The minimum atomic E-state index is 0. The third-order valence-corrected chi connectivity index (χ3v) is 3.95. The molecule has 128 valence electrons. The highest BCUT2D eigenvalue weighted by atomic mass is 35.5. The van der Waals surface area contributed by atoms with Gasteiger partial charge in [0, 0.05) is 19.0 Å². The van der Waals surface area contributed by atoms with E-state index in [-0.39, 0.29) is 30.7 Å². The van der Waals surface area contributed by atoms with Crippen LogP contribution in [0, 0.1) is 11.8 Å². The SMILES string of the molecule is CC(C)CC(CNC(=O)CCC1CCNC1)N(C)C.Cl.Cl. The summed E-state index contributed by atoms with van der Waals surface area (Å²) in [6, 6.07) is 0.442. The third kappa shape index (κ3) is 10.3. The van der Waals surface area contributed by atoms with Crippen LogP contribution < -0.4 is 10.6 Å². The Morgan fingerprint density at radius 2 is 2.00 bits per heavy atom. The molecule has 1 saturated heterocycles. The van der Waals surface area contributed by atoms with Crippen molar-refractivity contribution in [2.75, 3.05) is 33.7 Å². The lowest BCUT2D eigenvalue weighted by molar-refractivity contribution is -0.121. The summed E-state index contributed by atoms with van der Waals surface area (Å²) < 4.78 is 0. The van der Waals surface area contributed by atoms with Gasteiger partial charge in [-0.2, -0.15) is 0 Å². The lowest BCUT2D eigenvalue weighted by atomic mass is 10.0. The Hall–Kier alpha value is -0.0300. The normalized spacial score (nSPS) is 19.0. The number of amides is 1. The summed E-state index contributed by atoms with van der Waals surface area (Å²) in [6.07, 6.45) is 4.05. The molecule has 0 spiro atoms. The summed E-state index contributed by atoms with van der Waals surface area (Å²) in [6.45, 7) is 7.42. The molecule has 2 N–H and O–H groups in total. The molecule has 2 unspecified atom stereocenters. The first kappa shape index (κ1) is 23.2. The molecule has 0 aliphatic carbocycles. The standard InChI is InChI=1S/C15H31N3O.2ClH/c1-12(2)9-14(18(3)4)11-17-15(19)6-5-13-7-8-16-10-13;;/h12-14,16H,5-11H2,1-4H3,(H,17,19);2*1H. The van der Waals surface area contributed by atoms with Gasteiger partial charge in [0.2, 0.25) is 5.91 Å². The molecule has 0 aromatic heterocycles. The summed E-state index contributed by atoms with van der Waals surface area (Å²) in [5.74, 6) is 1.57. The number of carbonyl (C=O) groups is 1. The largest absolute Gasteiger partial charge is 0.355 e. The van der Waals surface area contributed by atoms with Crippen molar-refractivity contribution in [1.82, 2.24) is 15.5 Å². The molecule has 0 saturated carbocycles. The van der Waals surface area contributed by atoms with Crippen LogP contribution in [0.3, 0.4) is 0 Å². The lowest BCUT2D eigenvalue weighted by Crippen LogP contribution is -2.41. The van der Waals surface area contributed by atoms with Crippen molar-refractivity contribution in [2.45, 2.75) is 45.6 Å². The highest BCUT2D eigenvalue weighted by Gasteiger charge is 2.17. The van der Waals surface area contributed by atoms with Crippen LogP contribution in [-0.4, -0.2) is 50.6 Å². The number of likely N-dealkylation sites (N-methyl/N-ethyl adjacent to an activating group) is 1. The first-order chi connectivity index (χ1) is 8.99. The molecule has 1 aliphatic heterocycles. The van der Waals surface area contributed by atoms with E-state index in [1.807, 2.05) is 0 Å². The fourth-order valence-corrected chi connectivity index (χ4v) is 2.64. The van der Waals surface area contributed by atoms with Gasteiger partial charge < -0.3 is 15.5 Å². The minimum Gasteiger partial charge on any atom is -0.355 e. The molecule has 6 heteroatoms. The van der Waals surface area contributed by atoms with Gasteiger partial charge in [0.1, 0.15) is 0 Å². The summed E-state index contributed by atoms with van der Waals surface area (Å²) in [5, 5.41) is 6.44. The van der Waals surface area contributed by atoms with Crippen LogP contribution in [0.5, 0.6) is 0 Å². The van der Waals surface area contributed by atoms with E-state index in [9.17, 15) is 4.79 Å². The molecule has 4 nitrogen and oxygen atoms in total. The van der Waals surface area contributed by atoms with Crippen LogP contribution in [0.25, 0.3) is 0 Å². The van der Waals surface area contributed by atoms with E-state index in [4.69, 9.17) is 0 Å². The van der Waals surface area contributed by atoms with Crippen LogP contribution in [0.1, 0.15) is 39.5 Å². The number of rotatable bonds is 8. The highest BCUT2D eigenvalue weighted by Crippen LogP contribution is 2.14. The molecule has 0 aromatic carbocycles. The fraction of sp³-hybridized carbons (Fsp3) is 0.933. The average Bonchev–Trinajstić information content (AvgIpc) is 2.84. The second-order valence-electron chi connectivity index (χ2n) is 6.45. The smallest absolute Gasteiger partial charge is 0.220 e. The topological polar surface area (TPSA) is 44.4 Å².